The maximum Gasteiger partial charge on any atom is 0.271 e. The lowest BCUT2D eigenvalue weighted by atomic mass is 10.2. The van der Waals surface area contributed by atoms with Crippen LogP contribution in [0.2, 0.25) is 5.02 Å². The van der Waals surface area contributed by atoms with E-state index in [4.69, 9.17) is 23.8 Å². The lowest BCUT2D eigenvalue weighted by molar-refractivity contribution is 0.626. The Morgan fingerprint density at radius 2 is 2.04 bits per heavy atom. The van der Waals surface area contributed by atoms with Gasteiger partial charge in [0.1, 0.15) is 10.5 Å². The number of aromatic amines is 1. The van der Waals surface area contributed by atoms with E-state index in [1.54, 1.807) is 22.8 Å². The predicted molar refractivity (Wildman–Crippen MR) is 111 cm³/mol. The molecule has 1 N–H and O–H groups in total. The van der Waals surface area contributed by atoms with Gasteiger partial charge in [-0.15, -0.1) is 0 Å². The molecule has 0 radical (unpaired) electrons. The van der Waals surface area contributed by atoms with Gasteiger partial charge < -0.3 is 4.98 Å². The van der Waals surface area contributed by atoms with E-state index in [0.717, 1.165) is 11.3 Å². The zero-order valence-corrected chi connectivity index (χ0v) is 16.8. The van der Waals surface area contributed by atoms with Crippen molar-refractivity contribution >= 4 is 57.3 Å². The summed E-state index contributed by atoms with van der Waals surface area (Å²) in [5.41, 5.74) is 1.85. The Morgan fingerprint density at radius 1 is 1.26 bits per heavy atom. The van der Waals surface area contributed by atoms with Gasteiger partial charge in [-0.1, -0.05) is 46.8 Å². The lowest BCUT2D eigenvalue weighted by Crippen LogP contribution is -2.09. The van der Waals surface area contributed by atoms with Gasteiger partial charge in [0.15, 0.2) is 14.8 Å². The van der Waals surface area contributed by atoms with Gasteiger partial charge in [0.25, 0.3) is 5.56 Å². The fourth-order valence-corrected chi connectivity index (χ4v) is 4.75. The highest BCUT2D eigenvalue weighted by Crippen LogP contribution is 2.26. The number of thioether (sulfide) groups is 1. The van der Waals surface area contributed by atoms with Gasteiger partial charge in [0.2, 0.25) is 0 Å². The first-order valence-electron chi connectivity index (χ1n) is 7.80. The van der Waals surface area contributed by atoms with Crippen LogP contribution in [0.5, 0.6) is 0 Å². The fourth-order valence-electron chi connectivity index (χ4n) is 2.56. The van der Waals surface area contributed by atoms with Crippen LogP contribution in [-0.2, 0) is 5.75 Å². The van der Waals surface area contributed by atoms with Crippen LogP contribution in [0.1, 0.15) is 5.56 Å². The molecule has 0 bridgehead atoms. The number of H-pyrrole nitrogens is 1. The summed E-state index contributed by atoms with van der Waals surface area (Å²) in [4.78, 5) is 19.8. The van der Waals surface area contributed by atoms with Crippen LogP contribution >= 0.6 is 46.9 Å². The van der Waals surface area contributed by atoms with Crippen molar-refractivity contribution < 1.29 is 4.39 Å². The van der Waals surface area contributed by atoms with Gasteiger partial charge in [-0.2, -0.15) is 0 Å². The molecular formula is C18H11ClFN3OS3. The predicted octanol–water partition coefficient (Wildman–Crippen LogP) is 5.59. The lowest BCUT2D eigenvalue weighted by Gasteiger charge is -2.06. The number of nitrogens with zero attached hydrogens (tertiary/aromatic N) is 2. The molecule has 4 rings (SSSR count). The summed E-state index contributed by atoms with van der Waals surface area (Å²) < 4.78 is 16.1. The molecule has 136 valence electrons. The number of halogens is 2. The molecule has 2 aromatic carbocycles. The molecule has 0 aliphatic carbocycles. The average Bonchev–Trinajstić information content (AvgIpc) is 2.98. The van der Waals surface area contributed by atoms with Crippen molar-refractivity contribution in [3.05, 3.63) is 79.2 Å². The van der Waals surface area contributed by atoms with Gasteiger partial charge >= 0.3 is 0 Å². The van der Waals surface area contributed by atoms with Crippen molar-refractivity contribution in [2.24, 2.45) is 0 Å². The number of rotatable bonds is 4. The van der Waals surface area contributed by atoms with E-state index in [1.807, 2.05) is 18.2 Å². The first-order valence-corrected chi connectivity index (χ1v) is 10.4. The summed E-state index contributed by atoms with van der Waals surface area (Å²) in [6.45, 7) is 0. The summed E-state index contributed by atoms with van der Waals surface area (Å²) in [6.07, 6.45) is 0. The number of nitrogens with one attached hydrogen (secondary N) is 1. The van der Waals surface area contributed by atoms with Crippen molar-refractivity contribution in [1.82, 2.24) is 14.5 Å². The van der Waals surface area contributed by atoms with Crippen molar-refractivity contribution in [1.29, 1.82) is 0 Å². The van der Waals surface area contributed by atoms with E-state index < -0.39 is 0 Å². The van der Waals surface area contributed by atoms with Crippen molar-refractivity contribution in [2.45, 2.75) is 10.9 Å². The third kappa shape index (κ3) is 3.84. The van der Waals surface area contributed by atoms with E-state index in [0.29, 0.717) is 30.2 Å². The Kier molecular flexibility index (Phi) is 5.14. The second kappa shape index (κ2) is 7.55. The number of benzene rings is 2. The molecule has 0 spiro atoms. The number of thiazole rings is 1. The zero-order chi connectivity index (χ0) is 19.0. The molecule has 0 aliphatic rings. The van der Waals surface area contributed by atoms with Crippen molar-refractivity contribution in [2.75, 3.05) is 0 Å². The summed E-state index contributed by atoms with van der Waals surface area (Å²) in [6, 6.07) is 13.5. The molecular weight excluding hydrogens is 425 g/mol. The van der Waals surface area contributed by atoms with E-state index in [2.05, 4.69) is 9.97 Å². The van der Waals surface area contributed by atoms with Gasteiger partial charge in [0.05, 0.1) is 0 Å². The highest BCUT2D eigenvalue weighted by molar-refractivity contribution is 7.98. The Morgan fingerprint density at radius 3 is 2.78 bits per heavy atom. The number of hydrogen-bond acceptors (Lipinski definition) is 5. The first kappa shape index (κ1) is 18.4. The van der Waals surface area contributed by atoms with Crippen LogP contribution in [0.3, 0.4) is 0 Å². The summed E-state index contributed by atoms with van der Waals surface area (Å²) in [7, 11) is 0. The molecule has 9 heteroatoms. The van der Waals surface area contributed by atoms with Crippen LogP contribution in [0.4, 0.5) is 4.39 Å². The third-order valence-electron chi connectivity index (χ3n) is 3.77. The van der Waals surface area contributed by atoms with Crippen LogP contribution in [0, 0.1) is 9.77 Å². The molecule has 0 saturated carbocycles. The number of aromatic nitrogens is 3. The van der Waals surface area contributed by atoms with E-state index in [-0.39, 0.29) is 11.4 Å². The minimum absolute atomic E-state index is 0.245. The van der Waals surface area contributed by atoms with Crippen LogP contribution in [0.25, 0.3) is 16.0 Å². The topological polar surface area (TPSA) is 50.7 Å². The molecule has 0 atom stereocenters. The van der Waals surface area contributed by atoms with Crippen LogP contribution in [0.15, 0.2) is 58.5 Å². The molecule has 4 nitrogen and oxygen atoms in total. The normalized spacial score (nSPS) is 11.2. The van der Waals surface area contributed by atoms with Crippen LogP contribution < -0.4 is 5.56 Å². The highest BCUT2D eigenvalue weighted by atomic mass is 35.5. The van der Waals surface area contributed by atoms with Gasteiger partial charge in [-0.25, -0.2) is 9.37 Å². The third-order valence-corrected chi connectivity index (χ3v) is 6.33. The maximum absolute atomic E-state index is 13.3. The standard InChI is InChI=1S/C18H11ClFN3OS3/c19-11-4-6-13(7-5-11)23-15-14(27-18(23)25)16(24)22-17(21-15)26-9-10-2-1-3-12(20)8-10/h1-8H,9H2,(H,21,22,24). The quantitative estimate of drug-likeness (QED) is 0.258. The molecule has 2 heterocycles. The fraction of sp³-hybridized carbons (Fsp3) is 0.0556. The number of fused-ring (bicyclic) bond motifs is 1. The Hall–Kier alpha value is -2.00. The van der Waals surface area contributed by atoms with Crippen molar-refractivity contribution in [3.63, 3.8) is 0 Å². The van der Waals surface area contributed by atoms with Gasteiger partial charge in [-0.05, 0) is 54.2 Å². The number of hydrogen-bond donors (Lipinski definition) is 1. The molecule has 27 heavy (non-hydrogen) atoms. The average molecular weight is 436 g/mol. The maximum atomic E-state index is 13.3. The SMILES string of the molecule is O=c1[nH]c(SCc2cccc(F)c2)nc2c1sc(=S)n2-c1ccc(Cl)cc1. The highest BCUT2D eigenvalue weighted by Gasteiger charge is 2.14. The summed E-state index contributed by atoms with van der Waals surface area (Å²) >= 11 is 13.9. The molecule has 4 aromatic rings. The largest absolute Gasteiger partial charge is 0.300 e. The summed E-state index contributed by atoms with van der Waals surface area (Å²) in [5.74, 6) is 0.192. The smallest absolute Gasteiger partial charge is 0.271 e. The molecule has 0 aliphatic heterocycles. The van der Waals surface area contributed by atoms with Crippen LogP contribution in [-0.4, -0.2) is 14.5 Å². The Balaban J connectivity index is 1.75. The van der Waals surface area contributed by atoms with E-state index in [9.17, 15) is 9.18 Å². The molecule has 0 saturated heterocycles. The molecule has 0 unspecified atom stereocenters. The molecule has 2 aromatic heterocycles. The Labute approximate surface area is 171 Å². The molecule has 0 fully saturated rings. The zero-order valence-electron chi connectivity index (χ0n) is 13.6. The second-order valence-electron chi connectivity index (χ2n) is 5.62. The first-order chi connectivity index (χ1) is 13.0. The monoisotopic (exact) mass is 435 g/mol. The molecule has 0 amide bonds. The van der Waals surface area contributed by atoms with Crippen molar-refractivity contribution in [3.8, 4) is 5.69 Å². The second-order valence-corrected chi connectivity index (χ2v) is 8.67. The minimum atomic E-state index is -0.292. The summed E-state index contributed by atoms with van der Waals surface area (Å²) in [5, 5.41) is 1.06. The van der Waals surface area contributed by atoms with Gasteiger partial charge in [-0.3, -0.25) is 9.36 Å². The van der Waals surface area contributed by atoms with E-state index in [1.165, 1.54) is 35.2 Å². The minimum Gasteiger partial charge on any atom is -0.300 e. The Bertz CT molecular complexity index is 1250. The van der Waals surface area contributed by atoms with Gasteiger partial charge in [0, 0.05) is 16.5 Å². The van der Waals surface area contributed by atoms with E-state index >= 15 is 0 Å².